The summed E-state index contributed by atoms with van der Waals surface area (Å²) in [6.45, 7) is 0. The Morgan fingerprint density at radius 2 is 1.84 bits per heavy atom. The number of nitrogens with zero attached hydrogens (tertiary/aromatic N) is 1. The average molecular weight is 257 g/mol. The number of carbonyl (C=O) groups is 1. The van der Waals surface area contributed by atoms with Gasteiger partial charge in [-0.3, -0.25) is 4.79 Å². The van der Waals surface area contributed by atoms with Crippen LogP contribution in [0.4, 0.5) is 0 Å². The van der Waals surface area contributed by atoms with Crippen LogP contribution in [0.3, 0.4) is 0 Å². The fourth-order valence-corrected chi connectivity index (χ4v) is 2.30. The molecule has 1 heterocycles. The predicted molar refractivity (Wildman–Crippen MR) is 76.5 cm³/mol. The van der Waals surface area contributed by atoms with Crippen LogP contribution in [0.25, 0.3) is 0 Å². The number of rotatable bonds is 5. The second-order valence-corrected chi connectivity index (χ2v) is 5.19. The molecule has 0 saturated carbocycles. The summed E-state index contributed by atoms with van der Waals surface area (Å²) in [6.07, 6.45) is 2.69. The van der Waals surface area contributed by atoms with Gasteiger partial charge < -0.3 is 9.47 Å². The molecule has 0 bridgehead atoms. The van der Waals surface area contributed by atoms with E-state index in [1.165, 1.54) is 5.56 Å². The normalized spacial score (nSPS) is 12.6. The largest absolute Gasteiger partial charge is 0.348 e. The molecule has 1 N–H and O–H groups in total. The molecule has 1 atom stereocenters. The van der Waals surface area contributed by atoms with Gasteiger partial charge in [0, 0.05) is 19.7 Å². The third kappa shape index (κ3) is 3.12. The SMILES string of the molecule is Cn1cccc1C(=O)[C@H](Cc1ccccc1)[NH+](C)C. The summed E-state index contributed by atoms with van der Waals surface area (Å²) in [6, 6.07) is 14.0. The molecule has 1 aromatic carbocycles. The van der Waals surface area contributed by atoms with Crippen molar-refractivity contribution in [2.75, 3.05) is 14.1 Å². The Morgan fingerprint density at radius 3 is 2.37 bits per heavy atom. The Morgan fingerprint density at radius 1 is 1.16 bits per heavy atom. The maximum absolute atomic E-state index is 12.6. The molecule has 0 spiro atoms. The highest BCUT2D eigenvalue weighted by Crippen LogP contribution is 2.08. The van der Waals surface area contributed by atoms with Crippen LogP contribution in [0.2, 0.25) is 0 Å². The van der Waals surface area contributed by atoms with E-state index in [1.807, 2.05) is 62.2 Å². The Bertz CT molecular complexity index is 543. The van der Waals surface area contributed by atoms with Gasteiger partial charge in [0.15, 0.2) is 6.04 Å². The molecule has 1 aromatic heterocycles. The summed E-state index contributed by atoms with van der Waals surface area (Å²) in [5, 5.41) is 0. The van der Waals surface area contributed by atoms with E-state index in [2.05, 4.69) is 12.1 Å². The molecule has 0 radical (unpaired) electrons. The van der Waals surface area contributed by atoms with Gasteiger partial charge in [-0.15, -0.1) is 0 Å². The standard InChI is InChI=1S/C16H20N2O/c1-17(2)15(12-13-8-5-4-6-9-13)16(19)14-10-7-11-18(14)3/h4-11,15H,12H2,1-3H3/p+1/t15-/m0/s1. The first kappa shape index (κ1) is 13.6. The zero-order chi connectivity index (χ0) is 13.8. The second kappa shape index (κ2) is 5.85. The number of benzene rings is 1. The number of aryl methyl sites for hydroxylation is 1. The van der Waals surface area contributed by atoms with E-state index in [4.69, 9.17) is 0 Å². The number of quaternary nitrogens is 1. The van der Waals surface area contributed by atoms with Gasteiger partial charge in [-0.2, -0.15) is 0 Å². The Hall–Kier alpha value is -1.87. The molecule has 3 heteroatoms. The lowest BCUT2D eigenvalue weighted by atomic mass is 10.00. The van der Waals surface area contributed by atoms with Crippen molar-refractivity contribution in [3.8, 4) is 0 Å². The van der Waals surface area contributed by atoms with Crippen LogP contribution in [0, 0.1) is 0 Å². The molecular formula is C16H21N2O+. The number of Topliss-reactive ketones (excluding diaryl/α,β-unsaturated/α-hetero) is 1. The lowest BCUT2D eigenvalue weighted by Crippen LogP contribution is -3.11. The maximum Gasteiger partial charge on any atom is 0.236 e. The summed E-state index contributed by atoms with van der Waals surface area (Å²) in [7, 11) is 5.99. The zero-order valence-electron chi connectivity index (χ0n) is 11.8. The lowest BCUT2D eigenvalue weighted by molar-refractivity contribution is -0.874. The van der Waals surface area contributed by atoms with E-state index in [-0.39, 0.29) is 11.8 Å². The summed E-state index contributed by atoms with van der Waals surface area (Å²) in [4.78, 5) is 13.8. The Labute approximate surface area is 114 Å². The van der Waals surface area contributed by atoms with Gasteiger partial charge in [0.25, 0.3) is 0 Å². The summed E-state index contributed by atoms with van der Waals surface area (Å²) < 4.78 is 1.89. The summed E-state index contributed by atoms with van der Waals surface area (Å²) >= 11 is 0. The van der Waals surface area contributed by atoms with Crippen molar-refractivity contribution < 1.29 is 9.69 Å². The van der Waals surface area contributed by atoms with E-state index >= 15 is 0 Å². The first-order chi connectivity index (χ1) is 9.09. The van der Waals surface area contributed by atoms with Gasteiger partial charge in [-0.1, -0.05) is 30.3 Å². The third-order valence-corrected chi connectivity index (χ3v) is 3.49. The van der Waals surface area contributed by atoms with Crippen molar-refractivity contribution in [2.45, 2.75) is 12.5 Å². The van der Waals surface area contributed by atoms with E-state index in [0.717, 1.165) is 17.0 Å². The molecule has 0 aliphatic carbocycles. The molecule has 2 rings (SSSR count). The van der Waals surface area contributed by atoms with E-state index < -0.39 is 0 Å². The number of hydrogen-bond donors (Lipinski definition) is 1. The Kier molecular flexibility index (Phi) is 4.17. The number of likely N-dealkylation sites (N-methyl/N-ethyl adjacent to an activating group) is 1. The fraction of sp³-hybridized carbons (Fsp3) is 0.312. The molecule has 3 nitrogen and oxygen atoms in total. The zero-order valence-corrected chi connectivity index (χ0v) is 11.8. The summed E-state index contributed by atoms with van der Waals surface area (Å²) in [5.41, 5.74) is 1.98. The average Bonchev–Trinajstić information content (AvgIpc) is 2.82. The molecule has 0 amide bonds. The third-order valence-electron chi connectivity index (χ3n) is 3.49. The number of hydrogen-bond acceptors (Lipinski definition) is 1. The highest BCUT2D eigenvalue weighted by atomic mass is 16.1. The number of carbonyl (C=O) groups excluding carboxylic acids is 1. The van der Waals surface area contributed by atoms with Crippen LogP contribution in [0.1, 0.15) is 16.1 Å². The lowest BCUT2D eigenvalue weighted by Gasteiger charge is -2.20. The number of ketones is 1. The second-order valence-electron chi connectivity index (χ2n) is 5.19. The minimum absolute atomic E-state index is 0.0454. The van der Waals surface area contributed by atoms with Gasteiger partial charge in [0.05, 0.1) is 19.8 Å². The molecule has 0 saturated heterocycles. The van der Waals surface area contributed by atoms with Gasteiger partial charge in [0.1, 0.15) is 0 Å². The number of nitrogens with one attached hydrogen (secondary N) is 1. The predicted octanol–water partition coefficient (Wildman–Crippen LogP) is 0.964. The van der Waals surface area contributed by atoms with E-state index in [1.54, 1.807) is 0 Å². The molecule has 0 aliphatic rings. The Balaban J connectivity index is 2.22. The van der Waals surface area contributed by atoms with Crippen LogP contribution in [-0.4, -0.2) is 30.5 Å². The molecule has 0 fully saturated rings. The molecular weight excluding hydrogens is 236 g/mol. The minimum atomic E-state index is -0.0454. The summed E-state index contributed by atoms with van der Waals surface area (Å²) in [5.74, 6) is 0.205. The van der Waals surface area contributed by atoms with E-state index in [0.29, 0.717) is 0 Å². The van der Waals surface area contributed by atoms with Gasteiger partial charge in [-0.05, 0) is 17.7 Å². The van der Waals surface area contributed by atoms with Crippen LogP contribution >= 0.6 is 0 Å². The van der Waals surface area contributed by atoms with Gasteiger partial charge in [-0.25, -0.2) is 0 Å². The molecule has 2 aromatic rings. The van der Waals surface area contributed by atoms with Gasteiger partial charge >= 0.3 is 0 Å². The van der Waals surface area contributed by atoms with Crippen LogP contribution in [-0.2, 0) is 13.5 Å². The topological polar surface area (TPSA) is 26.4 Å². The first-order valence-electron chi connectivity index (χ1n) is 6.59. The molecule has 19 heavy (non-hydrogen) atoms. The molecule has 0 aliphatic heterocycles. The van der Waals surface area contributed by atoms with Crippen LogP contribution < -0.4 is 4.90 Å². The van der Waals surface area contributed by atoms with Crippen LogP contribution in [0.15, 0.2) is 48.7 Å². The van der Waals surface area contributed by atoms with Crippen molar-refractivity contribution in [3.05, 3.63) is 59.9 Å². The molecule has 0 unspecified atom stereocenters. The van der Waals surface area contributed by atoms with Crippen molar-refractivity contribution in [1.29, 1.82) is 0 Å². The minimum Gasteiger partial charge on any atom is -0.348 e. The quantitative estimate of drug-likeness (QED) is 0.794. The smallest absolute Gasteiger partial charge is 0.236 e. The van der Waals surface area contributed by atoms with Crippen molar-refractivity contribution in [2.24, 2.45) is 7.05 Å². The first-order valence-corrected chi connectivity index (χ1v) is 6.59. The molecule has 100 valence electrons. The van der Waals surface area contributed by atoms with Gasteiger partial charge in [0.2, 0.25) is 5.78 Å². The van der Waals surface area contributed by atoms with Crippen molar-refractivity contribution in [1.82, 2.24) is 4.57 Å². The monoisotopic (exact) mass is 257 g/mol. The van der Waals surface area contributed by atoms with Crippen molar-refractivity contribution in [3.63, 3.8) is 0 Å². The number of aromatic nitrogens is 1. The van der Waals surface area contributed by atoms with Crippen molar-refractivity contribution >= 4 is 5.78 Å². The highest BCUT2D eigenvalue weighted by Gasteiger charge is 2.27. The van der Waals surface area contributed by atoms with Crippen LogP contribution in [0.5, 0.6) is 0 Å². The fourth-order valence-electron chi connectivity index (χ4n) is 2.30. The highest BCUT2D eigenvalue weighted by molar-refractivity contribution is 5.98. The van der Waals surface area contributed by atoms with E-state index in [9.17, 15) is 4.79 Å². The maximum atomic E-state index is 12.6.